The topological polar surface area (TPSA) is 91.0 Å². The summed E-state index contributed by atoms with van der Waals surface area (Å²) in [4.78, 5) is 26.6. The highest BCUT2D eigenvalue weighted by atomic mass is 16.6. The fourth-order valence-electron chi connectivity index (χ4n) is 2.92. The molecule has 0 radical (unpaired) electrons. The minimum absolute atomic E-state index is 0.0377. The van der Waals surface area contributed by atoms with Crippen LogP contribution in [-0.2, 0) is 0 Å². The Morgan fingerprint density at radius 2 is 1.72 bits per heavy atom. The monoisotopic (exact) mass is 386 g/mol. The SMILES string of the molecule is CC(=O)c1ccc(B2Oc3ccccc3C=Nc3cc([N+](=O)[O-])ccc3O2)cc1. The molecule has 4 rings (SSSR count). The van der Waals surface area contributed by atoms with E-state index in [4.69, 9.17) is 9.31 Å². The number of carbonyl (C=O) groups is 1. The van der Waals surface area contributed by atoms with Gasteiger partial charge in [0.1, 0.15) is 17.2 Å². The van der Waals surface area contributed by atoms with Crippen molar-refractivity contribution in [3.8, 4) is 11.5 Å². The molecular weight excluding hydrogens is 371 g/mol. The van der Waals surface area contributed by atoms with E-state index in [1.807, 2.05) is 18.2 Å². The van der Waals surface area contributed by atoms with Crippen LogP contribution in [0.5, 0.6) is 11.5 Å². The van der Waals surface area contributed by atoms with Gasteiger partial charge in [-0.05, 0) is 25.1 Å². The Morgan fingerprint density at radius 1 is 1.00 bits per heavy atom. The predicted molar refractivity (Wildman–Crippen MR) is 110 cm³/mol. The summed E-state index contributed by atoms with van der Waals surface area (Å²) < 4.78 is 12.2. The first kappa shape index (κ1) is 18.4. The minimum atomic E-state index is -0.834. The molecule has 7 nitrogen and oxygen atoms in total. The third-order valence-corrected chi connectivity index (χ3v) is 4.47. The van der Waals surface area contributed by atoms with E-state index in [1.54, 1.807) is 36.5 Å². The van der Waals surface area contributed by atoms with Gasteiger partial charge in [-0.2, -0.15) is 0 Å². The Balaban J connectivity index is 1.81. The number of Topliss-reactive ketones (excluding diaryl/α,β-unsaturated/α-hetero) is 1. The van der Waals surface area contributed by atoms with Crippen LogP contribution in [0.3, 0.4) is 0 Å². The van der Waals surface area contributed by atoms with Crippen molar-refractivity contribution < 1.29 is 19.0 Å². The van der Waals surface area contributed by atoms with Crippen molar-refractivity contribution in [3.63, 3.8) is 0 Å². The molecule has 0 atom stereocenters. The van der Waals surface area contributed by atoms with E-state index in [0.717, 1.165) is 0 Å². The van der Waals surface area contributed by atoms with Crippen molar-refractivity contribution >= 4 is 36.0 Å². The Labute approximate surface area is 166 Å². The van der Waals surface area contributed by atoms with Crippen LogP contribution in [0.25, 0.3) is 0 Å². The maximum absolute atomic E-state index is 11.6. The number of para-hydroxylation sites is 1. The van der Waals surface area contributed by atoms with Crippen molar-refractivity contribution in [2.75, 3.05) is 0 Å². The zero-order valence-electron chi connectivity index (χ0n) is 15.4. The number of fused-ring (bicyclic) bond motifs is 2. The summed E-state index contributed by atoms with van der Waals surface area (Å²) in [7, 11) is -0.834. The number of aliphatic imine (C=N–C) groups is 1. The van der Waals surface area contributed by atoms with E-state index in [0.29, 0.717) is 33.8 Å². The van der Waals surface area contributed by atoms with Gasteiger partial charge in [-0.25, -0.2) is 0 Å². The molecule has 8 heteroatoms. The van der Waals surface area contributed by atoms with Gasteiger partial charge in [0.2, 0.25) is 0 Å². The molecule has 29 heavy (non-hydrogen) atoms. The minimum Gasteiger partial charge on any atom is -0.521 e. The maximum Gasteiger partial charge on any atom is 0.632 e. The number of nitro groups is 1. The number of benzene rings is 3. The quantitative estimate of drug-likeness (QED) is 0.296. The van der Waals surface area contributed by atoms with Gasteiger partial charge in [-0.3, -0.25) is 19.9 Å². The zero-order valence-corrected chi connectivity index (χ0v) is 15.4. The number of hydrogen-bond donors (Lipinski definition) is 0. The van der Waals surface area contributed by atoms with Gasteiger partial charge in [0.15, 0.2) is 5.78 Å². The molecule has 3 aromatic carbocycles. The average Bonchev–Trinajstić information content (AvgIpc) is 2.80. The van der Waals surface area contributed by atoms with E-state index in [1.165, 1.54) is 25.1 Å². The van der Waals surface area contributed by atoms with Gasteiger partial charge in [-0.1, -0.05) is 36.4 Å². The van der Waals surface area contributed by atoms with Crippen molar-refractivity contribution in [2.45, 2.75) is 6.92 Å². The molecule has 142 valence electrons. The largest absolute Gasteiger partial charge is 0.632 e. The zero-order chi connectivity index (χ0) is 20.4. The Morgan fingerprint density at radius 3 is 2.45 bits per heavy atom. The molecule has 1 heterocycles. The smallest absolute Gasteiger partial charge is 0.521 e. The number of non-ortho nitro benzene ring substituents is 1. The molecule has 0 saturated carbocycles. The normalized spacial score (nSPS) is 12.4. The molecule has 0 fully saturated rings. The lowest BCUT2D eigenvalue weighted by atomic mass is 9.78. The summed E-state index contributed by atoms with van der Waals surface area (Å²) in [6.45, 7) is 1.50. The fraction of sp³-hybridized carbons (Fsp3) is 0.0476. The molecule has 0 bridgehead atoms. The van der Waals surface area contributed by atoms with Crippen LogP contribution in [-0.4, -0.2) is 24.0 Å². The summed E-state index contributed by atoms with van der Waals surface area (Å²) in [5.41, 5.74) is 2.22. The van der Waals surface area contributed by atoms with E-state index in [9.17, 15) is 14.9 Å². The van der Waals surface area contributed by atoms with Gasteiger partial charge in [-0.15, -0.1) is 0 Å². The Hall–Kier alpha value is -3.94. The number of nitrogens with zero attached hydrogens (tertiary/aromatic N) is 2. The van der Waals surface area contributed by atoms with Gasteiger partial charge >= 0.3 is 7.12 Å². The summed E-state index contributed by atoms with van der Waals surface area (Å²) in [5, 5.41) is 11.1. The average molecular weight is 386 g/mol. The summed E-state index contributed by atoms with van der Waals surface area (Å²) in [6, 6.07) is 18.4. The first-order chi connectivity index (χ1) is 14.0. The molecule has 0 N–H and O–H groups in total. The lowest BCUT2D eigenvalue weighted by Crippen LogP contribution is -2.42. The van der Waals surface area contributed by atoms with Crippen LogP contribution in [0, 0.1) is 10.1 Å². The van der Waals surface area contributed by atoms with Crippen LogP contribution in [0.1, 0.15) is 22.8 Å². The highest BCUT2D eigenvalue weighted by Crippen LogP contribution is 2.33. The van der Waals surface area contributed by atoms with Crippen LogP contribution < -0.4 is 14.8 Å². The van der Waals surface area contributed by atoms with E-state index in [-0.39, 0.29) is 11.5 Å². The van der Waals surface area contributed by atoms with Crippen molar-refractivity contribution in [1.82, 2.24) is 0 Å². The van der Waals surface area contributed by atoms with Crippen LogP contribution in [0.4, 0.5) is 11.4 Å². The summed E-state index contributed by atoms with van der Waals surface area (Å²) in [6.07, 6.45) is 1.59. The standard InChI is InChI=1S/C21H15BN2O5/c1-14(25)15-6-8-17(9-7-15)22-28-20-5-3-2-4-16(20)13-23-19-12-18(24(26)27)10-11-21(19)29-22/h2-13H,1H3. The van der Waals surface area contributed by atoms with Gasteiger partial charge < -0.3 is 9.31 Å². The van der Waals surface area contributed by atoms with E-state index >= 15 is 0 Å². The molecule has 1 aliphatic rings. The van der Waals surface area contributed by atoms with Crippen molar-refractivity contribution in [3.05, 3.63) is 88.0 Å². The van der Waals surface area contributed by atoms with Gasteiger partial charge in [0, 0.05) is 34.9 Å². The summed E-state index contributed by atoms with van der Waals surface area (Å²) in [5.74, 6) is 0.865. The maximum atomic E-state index is 11.6. The fourth-order valence-corrected chi connectivity index (χ4v) is 2.92. The molecule has 0 amide bonds. The number of nitro benzene ring substituents is 1. The van der Waals surface area contributed by atoms with E-state index < -0.39 is 12.0 Å². The Bertz CT molecular complexity index is 1130. The molecular formula is C21H15BN2O5. The number of carbonyl (C=O) groups excluding carboxylic acids is 1. The molecule has 0 saturated heterocycles. The Kier molecular flexibility index (Phi) is 4.82. The first-order valence-electron chi connectivity index (χ1n) is 8.87. The van der Waals surface area contributed by atoms with Crippen LogP contribution >= 0.6 is 0 Å². The second-order valence-corrected chi connectivity index (χ2v) is 6.45. The molecule has 1 aliphatic heterocycles. The van der Waals surface area contributed by atoms with Crippen LogP contribution in [0.2, 0.25) is 0 Å². The summed E-state index contributed by atoms with van der Waals surface area (Å²) >= 11 is 0. The lowest BCUT2D eigenvalue weighted by Gasteiger charge is -2.18. The van der Waals surface area contributed by atoms with Gasteiger partial charge in [0.05, 0.1) is 4.92 Å². The third kappa shape index (κ3) is 3.86. The molecule has 0 aliphatic carbocycles. The number of hydrogen-bond acceptors (Lipinski definition) is 6. The van der Waals surface area contributed by atoms with Crippen molar-refractivity contribution in [2.24, 2.45) is 4.99 Å². The molecule has 0 aromatic heterocycles. The first-order valence-corrected chi connectivity index (χ1v) is 8.87. The lowest BCUT2D eigenvalue weighted by molar-refractivity contribution is -0.384. The molecule has 0 unspecified atom stereocenters. The van der Waals surface area contributed by atoms with Gasteiger partial charge in [0.25, 0.3) is 5.69 Å². The second kappa shape index (κ2) is 7.59. The predicted octanol–water partition coefficient (Wildman–Crippen LogP) is 3.71. The number of rotatable bonds is 3. The molecule has 0 spiro atoms. The third-order valence-electron chi connectivity index (χ3n) is 4.47. The van der Waals surface area contributed by atoms with Crippen LogP contribution in [0.15, 0.2) is 71.7 Å². The second-order valence-electron chi connectivity index (χ2n) is 6.45. The number of ketones is 1. The van der Waals surface area contributed by atoms with Crippen molar-refractivity contribution in [1.29, 1.82) is 0 Å². The highest BCUT2D eigenvalue weighted by Gasteiger charge is 2.29. The molecule has 3 aromatic rings. The highest BCUT2D eigenvalue weighted by molar-refractivity contribution is 6.62. The van der Waals surface area contributed by atoms with E-state index in [2.05, 4.69) is 4.99 Å².